The minimum atomic E-state index is -0.735. The van der Waals surface area contributed by atoms with Gasteiger partial charge in [0.05, 0.1) is 5.60 Å². The van der Waals surface area contributed by atoms with Crippen LogP contribution in [0.2, 0.25) is 0 Å². The van der Waals surface area contributed by atoms with Gasteiger partial charge in [-0.05, 0) is 12.8 Å². The molecular weight excluding hydrogens is 244 g/mol. The van der Waals surface area contributed by atoms with Crippen molar-refractivity contribution in [2.75, 3.05) is 13.6 Å². The third-order valence-corrected chi connectivity index (χ3v) is 3.65. The van der Waals surface area contributed by atoms with Gasteiger partial charge in [0.15, 0.2) is 0 Å². The molecule has 1 saturated carbocycles. The molecule has 6 nitrogen and oxygen atoms in total. The Kier molecular flexibility index (Phi) is 3.89. The normalized spacial score (nSPS) is 17.9. The van der Waals surface area contributed by atoms with E-state index in [0.717, 1.165) is 25.7 Å². The Labute approximate surface area is 113 Å². The maximum Gasteiger partial charge on any atom is 0.293 e. The van der Waals surface area contributed by atoms with Crippen LogP contribution in [0.4, 0.5) is 0 Å². The minimum Gasteiger partial charge on any atom is -0.388 e. The van der Waals surface area contributed by atoms with Gasteiger partial charge in [-0.25, -0.2) is 4.98 Å². The standard InChI is InChI=1S/C13H22N4O2/c1-9(2)10-14-11(16-15-10)12(18)17(3)8-13(19)6-4-5-7-13/h9,19H,4-8H2,1-3H3,(H,14,15,16). The Morgan fingerprint density at radius 2 is 2.11 bits per heavy atom. The molecule has 6 heteroatoms. The van der Waals surface area contributed by atoms with Crippen LogP contribution in [0.1, 0.15) is 61.9 Å². The molecule has 1 aromatic rings. The van der Waals surface area contributed by atoms with E-state index in [9.17, 15) is 9.90 Å². The van der Waals surface area contributed by atoms with Crippen molar-refractivity contribution in [3.63, 3.8) is 0 Å². The molecule has 1 aromatic heterocycles. The number of aliphatic hydroxyl groups is 1. The molecule has 2 rings (SSSR count). The quantitative estimate of drug-likeness (QED) is 0.860. The summed E-state index contributed by atoms with van der Waals surface area (Å²) in [4.78, 5) is 17.9. The second-order valence-electron chi connectivity index (χ2n) is 5.79. The number of hydrogen-bond acceptors (Lipinski definition) is 4. The second kappa shape index (κ2) is 5.28. The van der Waals surface area contributed by atoms with Crippen LogP contribution in [0.5, 0.6) is 0 Å². The highest BCUT2D eigenvalue weighted by molar-refractivity contribution is 5.90. The number of carbonyl (C=O) groups is 1. The van der Waals surface area contributed by atoms with Gasteiger partial charge in [0.2, 0.25) is 5.82 Å². The van der Waals surface area contributed by atoms with Crippen LogP contribution in [-0.4, -0.2) is 50.3 Å². The van der Waals surface area contributed by atoms with Crippen LogP contribution in [0.3, 0.4) is 0 Å². The monoisotopic (exact) mass is 266 g/mol. The maximum atomic E-state index is 12.2. The third-order valence-electron chi connectivity index (χ3n) is 3.65. The average Bonchev–Trinajstić information content (AvgIpc) is 2.97. The number of hydrogen-bond donors (Lipinski definition) is 2. The van der Waals surface area contributed by atoms with E-state index in [1.807, 2.05) is 13.8 Å². The number of H-pyrrole nitrogens is 1. The summed E-state index contributed by atoms with van der Waals surface area (Å²) in [7, 11) is 1.68. The summed E-state index contributed by atoms with van der Waals surface area (Å²) in [5.41, 5.74) is -0.735. The zero-order chi connectivity index (χ0) is 14.0. The van der Waals surface area contributed by atoms with Crippen LogP contribution >= 0.6 is 0 Å². The first-order valence-corrected chi connectivity index (χ1v) is 6.81. The van der Waals surface area contributed by atoms with Gasteiger partial charge in [-0.2, -0.15) is 0 Å². The van der Waals surface area contributed by atoms with Crippen molar-refractivity contribution in [1.82, 2.24) is 20.1 Å². The van der Waals surface area contributed by atoms with Crippen molar-refractivity contribution in [2.24, 2.45) is 0 Å². The van der Waals surface area contributed by atoms with Crippen molar-refractivity contribution in [3.05, 3.63) is 11.6 Å². The number of aromatic nitrogens is 3. The van der Waals surface area contributed by atoms with Gasteiger partial charge in [0, 0.05) is 19.5 Å². The second-order valence-corrected chi connectivity index (χ2v) is 5.79. The Morgan fingerprint density at radius 3 is 2.63 bits per heavy atom. The highest BCUT2D eigenvalue weighted by atomic mass is 16.3. The topological polar surface area (TPSA) is 82.1 Å². The Hall–Kier alpha value is -1.43. The summed E-state index contributed by atoms with van der Waals surface area (Å²) in [5, 5.41) is 17.0. The van der Waals surface area contributed by atoms with Gasteiger partial charge < -0.3 is 10.0 Å². The summed E-state index contributed by atoms with van der Waals surface area (Å²) in [6, 6.07) is 0. The van der Waals surface area contributed by atoms with E-state index in [4.69, 9.17) is 0 Å². The zero-order valence-corrected chi connectivity index (χ0v) is 11.8. The van der Waals surface area contributed by atoms with E-state index >= 15 is 0 Å². The number of likely N-dealkylation sites (N-methyl/N-ethyl adjacent to an activating group) is 1. The summed E-state index contributed by atoms with van der Waals surface area (Å²) in [6.45, 7) is 4.32. The molecule has 0 aromatic carbocycles. The molecule has 106 valence electrons. The van der Waals surface area contributed by atoms with Crippen LogP contribution in [0, 0.1) is 0 Å². The van der Waals surface area contributed by atoms with Crippen molar-refractivity contribution in [3.8, 4) is 0 Å². The van der Waals surface area contributed by atoms with Crippen molar-refractivity contribution < 1.29 is 9.90 Å². The lowest BCUT2D eigenvalue weighted by Gasteiger charge is -2.27. The number of nitrogens with zero attached hydrogens (tertiary/aromatic N) is 3. The van der Waals surface area contributed by atoms with Gasteiger partial charge in [-0.3, -0.25) is 9.89 Å². The van der Waals surface area contributed by atoms with Crippen LogP contribution in [0.15, 0.2) is 0 Å². The van der Waals surface area contributed by atoms with Gasteiger partial charge in [-0.1, -0.05) is 26.7 Å². The summed E-state index contributed by atoms with van der Waals surface area (Å²) < 4.78 is 0. The van der Waals surface area contributed by atoms with Crippen LogP contribution in [0.25, 0.3) is 0 Å². The lowest BCUT2D eigenvalue weighted by Crippen LogP contribution is -2.42. The lowest BCUT2D eigenvalue weighted by molar-refractivity contribution is 0.0153. The van der Waals surface area contributed by atoms with E-state index in [1.165, 1.54) is 4.90 Å². The van der Waals surface area contributed by atoms with Crippen LogP contribution in [-0.2, 0) is 0 Å². The summed E-state index contributed by atoms with van der Waals surface area (Å²) in [6.07, 6.45) is 3.57. The molecule has 1 heterocycles. The SMILES string of the molecule is CC(C)c1nc(C(=O)N(C)CC2(O)CCCC2)n[nH]1. The first-order chi connectivity index (χ1) is 8.91. The molecule has 0 saturated heterocycles. The van der Waals surface area contributed by atoms with E-state index in [-0.39, 0.29) is 17.6 Å². The van der Waals surface area contributed by atoms with Crippen molar-refractivity contribution >= 4 is 5.91 Å². The fraction of sp³-hybridized carbons (Fsp3) is 0.769. The zero-order valence-electron chi connectivity index (χ0n) is 11.8. The number of carbonyl (C=O) groups excluding carboxylic acids is 1. The van der Waals surface area contributed by atoms with Crippen LogP contribution < -0.4 is 0 Å². The Bertz CT molecular complexity index is 449. The molecule has 0 radical (unpaired) electrons. The lowest BCUT2D eigenvalue weighted by atomic mass is 10.0. The highest BCUT2D eigenvalue weighted by Crippen LogP contribution is 2.30. The third kappa shape index (κ3) is 3.12. The summed E-state index contributed by atoms with van der Waals surface area (Å²) >= 11 is 0. The fourth-order valence-electron chi connectivity index (χ4n) is 2.50. The Morgan fingerprint density at radius 1 is 1.47 bits per heavy atom. The van der Waals surface area contributed by atoms with Gasteiger partial charge in [0.1, 0.15) is 5.82 Å². The van der Waals surface area contributed by atoms with E-state index in [1.54, 1.807) is 7.05 Å². The molecule has 0 aliphatic heterocycles. The van der Waals surface area contributed by atoms with E-state index < -0.39 is 5.60 Å². The predicted octanol–water partition coefficient (Wildman–Crippen LogP) is 1.31. The van der Waals surface area contributed by atoms with Gasteiger partial charge in [0.25, 0.3) is 5.91 Å². The number of nitrogens with one attached hydrogen (secondary N) is 1. The fourth-order valence-corrected chi connectivity index (χ4v) is 2.50. The first-order valence-electron chi connectivity index (χ1n) is 6.81. The van der Waals surface area contributed by atoms with E-state index in [2.05, 4.69) is 15.2 Å². The number of rotatable bonds is 4. The molecule has 0 spiro atoms. The molecule has 2 N–H and O–H groups in total. The van der Waals surface area contributed by atoms with Gasteiger partial charge >= 0.3 is 0 Å². The smallest absolute Gasteiger partial charge is 0.293 e. The van der Waals surface area contributed by atoms with E-state index in [0.29, 0.717) is 12.4 Å². The Balaban J connectivity index is 2.01. The number of amides is 1. The molecule has 1 aliphatic rings. The average molecular weight is 266 g/mol. The predicted molar refractivity (Wildman–Crippen MR) is 70.9 cm³/mol. The molecular formula is C13H22N4O2. The first kappa shape index (κ1) is 14.0. The maximum absolute atomic E-state index is 12.2. The molecule has 19 heavy (non-hydrogen) atoms. The molecule has 0 atom stereocenters. The molecule has 0 unspecified atom stereocenters. The molecule has 0 bridgehead atoms. The summed E-state index contributed by atoms with van der Waals surface area (Å²) in [5.74, 6) is 0.839. The van der Waals surface area contributed by atoms with Crippen molar-refractivity contribution in [2.45, 2.75) is 51.0 Å². The molecule has 1 fully saturated rings. The van der Waals surface area contributed by atoms with Gasteiger partial charge in [-0.15, -0.1) is 5.10 Å². The highest BCUT2D eigenvalue weighted by Gasteiger charge is 2.34. The number of aromatic amines is 1. The molecule has 1 amide bonds. The molecule has 1 aliphatic carbocycles. The van der Waals surface area contributed by atoms with Crippen molar-refractivity contribution in [1.29, 1.82) is 0 Å². The minimum absolute atomic E-state index is 0.174. The largest absolute Gasteiger partial charge is 0.388 e.